The van der Waals surface area contributed by atoms with Gasteiger partial charge >= 0.3 is 0 Å². The van der Waals surface area contributed by atoms with Gasteiger partial charge in [0.1, 0.15) is 5.82 Å². The van der Waals surface area contributed by atoms with Crippen LogP contribution in [0.15, 0.2) is 16.6 Å². The molecule has 4 heteroatoms. The number of likely N-dealkylation sites (N-methyl/N-ethyl adjacent to an activating group) is 1. The number of halogens is 3. The van der Waals surface area contributed by atoms with Gasteiger partial charge in [-0.05, 0) is 32.1 Å². The van der Waals surface area contributed by atoms with Crippen LogP contribution in [0.1, 0.15) is 5.56 Å². The lowest BCUT2D eigenvalue weighted by atomic mass is 10.1. The van der Waals surface area contributed by atoms with Crippen molar-refractivity contribution in [1.29, 1.82) is 0 Å². The average Bonchev–Trinajstić information content (AvgIpc) is 2.02. The molecule has 1 nitrogen and oxygen atoms in total. The quantitative estimate of drug-likeness (QED) is 0.887. The molecule has 0 aliphatic carbocycles. The summed E-state index contributed by atoms with van der Waals surface area (Å²) in [5.41, 5.74) is 0.666. The summed E-state index contributed by atoms with van der Waals surface area (Å²) in [6.07, 6.45) is 0.653. The Hall–Kier alpha value is -0.120. The summed E-state index contributed by atoms with van der Waals surface area (Å²) in [5, 5.41) is 3.38. The molecule has 1 rings (SSSR count). The molecule has 0 amide bonds. The Morgan fingerprint density at radius 3 is 2.77 bits per heavy atom. The molecule has 0 saturated heterocycles. The third-order valence-corrected chi connectivity index (χ3v) is 2.66. The van der Waals surface area contributed by atoms with E-state index in [2.05, 4.69) is 21.2 Å². The molecule has 0 aromatic heterocycles. The molecule has 0 fully saturated rings. The fourth-order valence-corrected chi connectivity index (χ4v) is 2.03. The highest BCUT2D eigenvalue weighted by atomic mass is 79.9. The monoisotopic (exact) mass is 265 g/mol. The zero-order valence-corrected chi connectivity index (χ0v) is 9.54. The Morgan fingerprint density at radius 2 is 2.23 bits per heavy atom. The molecule has 0 saturated carbocycles. The molecule has 0 bridgehead atoms. The molecular weight excluding hydrogens is 256 g/mol. The van der Waals surface area contributed by atoms with E-state index >= 15 is 0 Å². The summed E-state index contributed by atoms with van der Waals surface area (Å²) in [4.78, 5) is 0. The van der Waals surface area contributed by atoms with Gasteiger partial charge in [-0.25, -0.2) is 4.39 Å². The predicted molar refractivity (Wildman–Crippen MR) is 56.7 cm³/mol. The van der Waals surface area contributed by atoms with E-state index in [0.29, 0.717) is 17.0 Å². The number of hydrogen-bond acceptors (Lipinski definition) is 1. The highest BCUT2D eigenvalue weighted by molar-refractivity contribution is 9.10. The largest absolute Gasteiger partial charge is 0.319 e. The Kier molecular flexibility index (Phi) is 4.16. The summed E-state index contributed by atoms with van der Waals surface area (Å²) in [7, 11) is 1.84. The van der Waals surface area contributed by atoms with Crippen molar-refractivity contribution in [1.82, 2.24) is 5.32 Å². The van der Waals surface area contributed by atoms with Crippen molar-refractivity contribution < 1.29 is 4.39 Å². The van der Waals surface area contributed by atoms with E-state index in [0.717, 1.165) is 11.0 Å². The Morgan fingerprint density at radius 1 is 1.54 bits per heavy atom. The normalized spacial score (nSPS) is 10.5. The van der Waals surface area contributed by atoms with Crippen molar-refractivity contribution in [3.63, 3.8) is 0 Å². The first kappa shape index (κ1) is 11.0. The first-order valence-corrected chi connectivity index (χ1v) is 5.10. The summed E-state index contributed by atoms with van der Waals surface area (Å²) in [6, 6.07) is 3.03. The number of rotatable bonds is 3. The fraction of sp³-hybridized carbons (Fsp3) is 0.333. The van der Waals surface area contributed by atoms with Crippen molar-refractivity contribution in [3.8, 4) is 0 Å². The molecule has 0 heterocycles. The van der Waals surface area contributed by atoms with Crippen LogP contribution in [0.5, 0.6) is 0 Å². The molecule has 0 radical (unpaired) electrons. The van der Waals surface area contributed by atoms with E-state index in [-0.39, 0.29) is 5.82 Å². The van der Waals surface area contributed by atoms with E-state index in [9.17, 15) is 4.39 Å². The van der Waals surface area contributed by atoms with Crippen molar-refractivity contribution in [2.45, 2.75) is 6.42 Å². The number of hydrogen-bond donors (Lipinski definition) is 1. The summed E-state index contributed by atoms with van der Waals surface area (Å²) in [5.74, 6) is -0.255. The zero-order valence-electron chi connectivity index (χ0n) is 7.20. The lowest BCUT2D eigenvalue weighted by Crippen LogP contribution is -2.11. The van der Waals surface area contributed by atoms with Gasteiger partial charge in [0.05, 0.1) is 0 Å². The van der Waals surface area contributed by atoms with Gasteiger partial charge in [0.25, 0.3) is 0 Å². The SMILES string of the molecule is CNCCc1c(F)cc(Cl)cc1Br. The summed E-state index contributed by atoms with van der Waals surface area (Å²) >= 11 is 8.95. The van der Waals surface area contributed by atoms with Crippen LogP contribution >= 0.6 is 27.5 Å². The first-order valence-electron chi connectivity index (χ1n) is 3.93. The van der Waals surface area contributed by atoms with Gasteiger partial charge in [0.2, 0.25) is 0 Å². The van der Waals surface area contributed by atoms with E-state index in [1.54, 1.807) is 6.07 Å². The van der Waals surface area contributed by atoms with Crippen LogP contribution in [0.4, 0.5) is 4.39 Å². The van der Waals surface area contributed by atoms with Gasteiger partial charge < -0.3 is 5.32 Å². The van der Waals surface area contributed by atoms with E-state index < -0.39 is 0 Å². The Labute approximate surface area is 90.4 Å². The molecule has 0 aliphatic rings. The van der Waals surface area contributed by atoms with Crippen molar-refractivity contribution >= 4 is 27.5 Å². The average molecular weight is 267 g/mol. The standard InChI is InChI=1S/C9H10BrClFN/c1-13-3-2-7-8(10)4-6(11)5-9(7)12/h4-5,13H,2-3H2,1H3. The van der Waals surface area contributed by atoms with Crippen molar-refractivity contribution in [2.24, 2.45) is 0 Å². The van der Waals surface area contributed by atoms with Gasteiger partial charge in [-0.3, -0.25) is 0 Å². The van der Waals surface area contributed by atoms with Gasteiger partial charge in [-0.15, -0.1) is 0 Å². The van der Waals surface area contributed by atoms with Crippen LogP contribution in [-0.2, 0) is 6.42 Å². The highest BCUT2D eigenvalue weighted by Gasteiger charge is 2.07. The topological polar surface area (TPSA) is 12.0 Å². The predicted octanol–water partition coefficient (Wildman–Crippen LogP) is 3.00. The van der Waals surface area contributed by atoms with Gasteiger partial charge in [0, 0.05) is 15.1 Å². The minimum atomic E-state index is -0.255. The van der Waals surface area contributed by atoms with E-state index in [1.165, 1.54) is 6.07 Å². The zero-order chi connectivity index (χ0) is 9.84. The van der Waals surface area contributed by atoms with Crippen molar-refractivity contribution in [3.05, 3.63) is 33.0 Å². The van der Waals surface area contributed by atoms with Gasteiger partial charge in [-0.2, -0.15) is 0 Å². The maximum absolute atomic E-state index is 13.3. The molecule has 0 spiro atoms. The van der Waals surface area contributed by atoms with Crippen LogP contribution in [0, 0.1) is 5.82 Å². The van der Waals surface area contributed by atoms with E-state index in [1.807, 2.05) is 7.05 Å². The van der Waals surface area contributed by atoms with Crippen LogP contribution in [-0.4, -0.2) is 13.6 Å². The van der Waals surface area contributed by atoms with Gasteiger partial charge in [0.15, 0.2) is 0 Å². The van der Waals surface area contributed by atoms with Crippen LogP contribution in [0.3, 0.4) is 0 Å². The Balaban J connectivity index is 2.92. The molecule has 13 heavy (non-hydrogen) atoms. The third-order valence-electron chi connectivity index (χ3n) is 1.73. The first-order chi connectivity index (χ1) is 6.15. The second kappa shape index (κ2) is 4.94. The van der Waals surface area contributed by atoms with Crippen molar-refractivity contribution in [2.75, 3.05) is 13.6 Å². The second-order valence-electron chi connectivity index (χ2n) is 2.70. The fourth-order valence-electron chi connectivity index (χ4n) is 1.06. The van der Waals surface area contributed by atoms with Gasteiger partial charge in [-0.1, -0.05) is 27.5 Å². The minimum Gasteiger partial charge on any atom is -0.319 e. The molecular formula is C9H10BrClFN. The maximum atomic E-state index is 13.3. The third kappa shape index (κ3) is 2.93. The molecule has 72 valence electrons. The molecule has 0 atom stereocenters. The molecule has 1 N–H and O–H groups in total. The second-order valence-corrected chi connectivity index (χ2v) is 3.99. The number of benzene rings is 1. The smallest absolute Gasteiger partial charge is 0.129 e. The minimum absolute atomic E-state index is 0.255. The molecule has 1 aromatic carbocycles. The lowest BCUT2D eigenvalue weighted by Gasteiger charge is -2.06. The molecule has 0 unspecified atom stereocenters. The highest BCUT2D eigenvalue weighted by Crippen LogP contribution is 2.24. The van der Waals surface area contributed by atoms with Crippen LogP contribution in [0.2, 0.25) is 5.02 Å². The lowest BCUT2D eigenvalue weighted by molar-refractivity contribution is 0.603. The van der Waals surface area contributed by atoms with Crippen LogP contribution in [0.25, 0.3) is 0 Å². The maximum Gasteiger partial charge on any atom is 0.129 e. The summed E-state index contributed by atoms with van der Waals surface area (Å²) in [6.45, 7) is 0.747. The number of nitrogens with one attached hydrogen (secondary N) is 1. The molecule has 0 aliphatic heterocycles. The summed E-state index contributed by atoms with van der Waals surface area (Å²) < 4.78 is 14.0. The Bertz CT molecular complexity index is 281. The van der Waals surface area contributed by atoms with E-state index in [4.69, 9.17) is 11.6 Å². The van der Waals surface area contributed by atoms with Crippen LogP contribution < -0.4 is 5.32 Å². The molecule has 1 aromatic rings.